The Morgan fingerprint density at radius 2 is 2.00 bits per heavy atom. The molecule has 0 aromatic heterocycles. The van der Waals surface area contributed by atoms with Gasteiger partial charge in [0.1, 0.15) is 17.3 Å². The van der Waals surface area contributed by atoms with Crippen LogP contribution in [0.25, 0.3) is 0 Å². The van der Waals surface area contributed by atoms with E-state index in [9.17, 15) is 8.78 Å². The predicted octanol–water partition coefficient (Wildman–Crippen LogP) is 2.10. The van der Waals surface area contributed by atoms with Gasteiger partial charge in [0.25, 0.3) is 0 Å². The highest BCUT2D eigenvalue weighted by Gasteiger charge is 2.17. The van der Waals surface area contributed by atoms with Crippen molar-refractivity contribution in [1.82, 2.24) is 0 Å². The molecule has 0 saturated heterocycles. The molecule has 0 aliphatic rings. The molecule has 1 N–H and O–H groups in total. The van der Waals surface area contributed by atoms with Gasteiger partial charge in [0.05, 0.1) is 13.2 Å². The van der Waals surface area contributed by atoms with Crippen molar-refractivity contribution >= 4 is 5.69 Å². The summed E-state index contributed by atoms with van der Waals surface area (Å²) < 4.78 is 32.6. The van der Waals surface area contributed by atoms with Crippen LogP contribution in [0.1, 0.15) is 5.56 Å². The van der Waals surface area contributed by atoms with Gasteiger partial charge in [-0.05, 0) is 17.7 Å². The molecule has 0 radical (unpaired) electrons. The fourth-order valence-electron chi connectivity index (χ4n) is 1.66. The Balaban J connectivity index is 3.06. The zero-order chi connectivity index (χ0) is 13.5. The van der Waals surface area contributed by atoms with Gasteiger partial charge in [-0.1, -0.05) is 6.08 Å². The van der Waals surface area contributed by atoms with Crippen molar-refractivity contribution in [2.45, 2.75) is 6.61 Å². The first-order chi connectivity index (χ1) is 8.63. The van der Waals surface area contributed by atoms with Gasteiger partial charge in [-0.3, -0.25) is 0 Å². The number of benzene rings is 1. The van der Waals surface area contributed by atoms with Crippen LogP contribution in [0, 0.1) is 11.6 Å². The molecule has 0 bridgehead atoms. The number of hydrogen-bond acceptors (Lipinski definition) is 3. The van der Waals surface area contributed by atoms with Gasteiger partial charge in [0, 0.05) is 20.2 Å². The summed E-state index contributed by atoms with van der Waals surface area (Å²) >= 11 is 0. The lowest BCUT2D eigenvalue weighted by Crippen LogP contribution is -2.29. The lowest BCUT2D eigenvalue weighted by Gasteiger charge is -2.24. The lowest BCUT2D eigenvalue weighted by atomic mass is 10.1. The van der Waals surface area contributed by atoms with Crippen LogP contribution < -0.4 is 4.90 Å². The van der Waals surface area contributed by atoms with Gasteiger partial charge in [-0.2, -0.15) is 0 Å². The second kappa shape index (κ2) is 7.08. The third-order valence-corrected chi connectivity index (χ3v) is 2.49. The van der Waals surface area contributed by atoms with Crippen molar-refractivity contribution in [2.24, 2.45) is 0 Å². The summed E-state index contributed by atoms with van der Waals surface area (Å²) in [7, 11) is 1.52. The molecule has 0 unspecified atom stereocenters. The number of nitrogens with zero attached hydrogens (tertiary/aromatic N) is 1. The molecule has 0 atom stereocenters. The number of rotatable bonds is 7. The zero-order valence-electron chi connectivity index (χ0n) is 10.3. The van der Waals surface area contributed by atoms with E-state index in [4.69, 9.17) is 9.84 Å². The Labute approximate surface area is 105 Å². The Bertz CT molecular complexity index is 387. The maximum Gasteiger partial charge on any atom is 0.149 e. The van der Waals surface area contributed by atoms with E-state index in [2.05, 4.69) is 6.58 Å². The molecule has 0 aliphatic carbocycles. The summed E-state index contributed by atoms with van der Waals surface area (Å²) in [6.07, 6.45) is 1.56. The Hall–Kier alpha value is -1.46. The maximum absolute atomic E-state index is 13.8. The molecule has 0 saturated carbocycles. The van der Waals surface area contributed by atoms with Gasteiger partial charge >= 0.3 is 0 Å². The molecule has 0 heterocycles. The second-order valence-corrected chi connectivity index (χ2v) is 3.79. The van der Waals surface area contributed by atoms with Crippen LogP contribution in [-0.4, -0.2) is 31.9 Å². The monoisotopic (exact) mass is 257 g/mol. The van der Waals surface area contributed by atoms with Crippen LogP contribution in [-0.2, 0) is 11.3 Å². The number of ether oxygens (including phenoxy) is 1. The molecule has 100 valence electrons. The van der Waals surface area contributed by atoms with Crippen molar-refractivity contribution < 1.29 is 18.6 Å². The van der Waals surface area contributed by atoms with Crippen LogP contribution in [0.3, 0.4) is 0 Å². The first-order valence-electron chi connectivity index (χ1n) is 5.57. The van der Waals surface area contributed by atoms with E-state index in [-0.39, 0.29) is 11.3 Å². The van der Waals surface area contributed by atoms with E-state index in [0.29, 0.717) is 19.7 Å². The average Bonchev–Trinajstić information content (AvgIpc) is 2.34. The Morgan fingerprint density at radius 3 is 2.44 bits per heavy atom. The highest BCUT2D eigenvalue weighted by molar-refractivity contribution is 5.51. The molecule has 0 fully saturated rings. The van der Waals surface area contributed by atoms with Crippen LogP contribution in [0.4, 0.5) is 14.5 Å². The SMILES string of the molecule is C=CCN(CCOC)c1c(F)cc(CO)cc1F. The number of aliphatic hydroxyl groups is 1. The van der Waals surface area contributed by atoms with E-state index in [1.165, 1.54) is 12.0 Å². The van der Waals surface area contributed by atoms with Crippen molar-refractivity contribution in [3.05, 3.63) is 42.0 Å². The third kappa shape index (κ3) is 3.51. The van der Waals surface area contributed by atoms with E-state index in [1.807, 2.05) is 0 Å². The summed E-state index contributed by atoms with van der Waals surface area (Å²) in [5.74, 6) is -1.39. The van der Waals surface area contributed by atoms with Gasteiger partial charge in [0.2, 0.25) is 0 Å². The molecule has 0 spiro atoms. The number of aliphatic hydroxyl groups excluding tert-OH is 1. The molecule has 3 nitrogen and oxygen atoms in total. The summed E-state index contributed by atoms with van der Waals surface area (Å²) in [5.41, 5.74) is 0.0863. The van der Waals surface area contributed by atoms with Crippen LogP contribution in [0.15, 0.2) is 24.8 Å². The minimum absolute atomic E-state index is 0.121. The highest BCUT2D eigenvalue weighted by Crippen LogP contribution is 2.25. The summed E-state index contributed by atoms with van der Waals surface area (Å²) in [4.78, 5) is 1.50. The molecule has 1 aromatic rings. The zero-order valence-corrected chi connectivity index (χ0v) is 10.3. The molecular formula is C13H17F2NO2. The fourth-order valence-corrected chi connectivity index (χ4v) is 1.66. The van der Waals surface area contributed by atoms with E-state index >= 15 is 0 Å². The van der Waals surface area contributed by atoms with Crippen LogP contribution in [0.5, 0.6) is 0 Å². The minimum atomic E-state index is -0.697. The topological polar surface area (TPSA) is 32.7 Å². The molecule has 1 rings (SSSR count). The standard InChI is InChI=1S/C13H17F2NO2/c1-3-4-16(5-6-18-2)13-11(14)7-10(9-17)8-12(13)15/h3,7-8,17H,1,4-6,9H2,2H3. The fraction of sp³-hybridized carbons (Fsp3) is 0.385. The normalized spacial score (nSPS) is 10.4. The van der Waals surface area contributed by atoms with E-state index in [1.54, 1.807) is 6.08 Å². The minimum Gasteiger partial charge on any atom is -0.392 e. The number of anilines is 1. The van der Waals surface area contributed by atoms with Crippen LogP contribution in [0.2, 0.25) is 0 Å². The molecular weight excluding hydrogens is 240 g/mol. The van der Waals surface area contributed by atoms with Crippen molar-refractivity contribution in [3.63, 3.8) is 0 Å². The third-order valence-electron chi connectivity index (χ3n) is 2.49. The molecule has 0 amide bonds. The lowest BCUT2D eigenvalue weighted by molar-refractivity contribution is 0.205. The van der Waals surface area contributed by atoms with Gasteiger partial charge < -0.3 is 14.7 Å². The number of hydrogen-bond donors (Lipinski definition) is 1. The molecule has 5 heteroatoms. The first-order valence-corrected chi connectivity index (χ1v) is 5.57. The van der Waals surface area contributed by atoms with Gasteiger partial charge in [-0.15, -0.1) is 6.58 Å². The van der Waals surface area contributed by atoms with Crippen molar-refractivity contribution in [2.75, 3.05) is 31.7 Å². The largest absolute Gasteiger partial charge is 0.392 e. The highest BCUT2D eigenvalue weighted by atomic mass is 19.1. The second-order valence-electron chi connectivity index (χ2n) is 3.79. The quantitative estimate of drug-likeness (QED) is 0.759. The van der Waals surface area contributed by atoms with E-state index in [0.717, 1.165) is 12.1 Å². The summed E-state index contributed by atoms with van der Waals surface area (Å²) in [6.45, 7) is 4.19. The van der Waals surface area contributed by atoms with Crippen molar-refractivity contribution in [1.29, 1.82) is 0 Å². The maximum atomic E-state index is 13.8. The van der Waals surface area contributed by atoms with Gasteiger partial charge in [0.15, 0.2) is 0 Å². The summed E-state index contributed by atoms with van der Waals surface area (Å²) in [6, 6.07) is 2.25. The average molecular weight is 257 g/mol. The first kappa shape index (κ1) is 14.6. The predicted molar refractivity (Wildman–Crippen MR) is 66.6 cm³/mol. The smallest absolute Gasteiger partial charge is 0.149 e. The molecule has 1 aromatic carbocycles. The molecule has 0 aliphatic heterocycles. The Morgan fingerprint density at radius 1 is 1.39 bits per heavy atom. The Kier molecular flexibility index (Phi) is 5.74. The van der Waals surface area contributed by atoms with Crippen molar-refractivity contribution in [3.8, 4) is 0 Å². The number of halogens is 2. The van der Waals surface area contributed by atoms with Crippen LogP contribution >= 0.6 is 0 Å². The number of methoxy groups -OCH3 is 1. The molecule has 18 heavy (non-hydrogen) atoms. The van der Waals surface area contributed by atoms with E-state index < -0.39 is 18.2 Å². The van der Waals surface area contributed by atoms with Gasteiger partial charge in [-0.25, -0.2) is 8.78 Å². The summed E-state index contributed by atoms with van der Waals surface area (Å²) in [5, 5.41) is 8.88.